The highest BCUT2D eigenvalue weighted by atomic mass is 14.8. The molecular formula is C12H14N2. The molecule has 0 spiro atoms. The number of hydrogen-bond donors (Lipinski definition) is 0. The van der Waals surface area contributed by atoms with Gasteiger partial charge in [0.05, 0.1) is 11.2 Å². The van der Waals surface area contributed by atoms with E-state index in [-0.39, 0.29) is 0 Å². The second kappa shape index (κ2) is 3.37. The summed E-state index contributed by atoms with van der Waals surface area (Å²) in [5.74, 6) is 0.446. The van der Waals surface area contributed by atoms with Gasteiger partial charge in [-0.25, -0.2) is 9.97 Å². The van der Waals surface area contributed by atoms with Crippen molar-refractivity contribution in [2.24, 2.45) is 0 Å². The molecule has 1 heterocycles. The molecule has 1 aromatic heterocycles. The van der Waals surface area contributed by atoms with Gasteiger partial charge in [0.2, 0.25) is 0 Å². The zero-order chi connectivity index (χ0) is 10.1. The monoisotopic (exact) mass is 186 g/mol. The molecule has 2 heteroatoms. The summed E-state index contributed by atoms with van der Waals surface area (Å²) in [6.45, 7) is 6.43. The second-order valence-electron chi connectivity index (χ2n) is 3.88. The summed E-state index contributed by atoms with van der Waals surface area (Å²) in [5.41, 5.74) is 3.45. The zero-order valence-corrected chi connectivity index (χ0v) is 8.78. The van der Waals surface area contributed by atoms with Crippen molar-refractivity contribution >= 4 is 10.9 Å². The summed E-state index contributed by atoms with van der Waals surface area (Å²) < 4.78 is 0. The van der Waals surface area contributed by atoms with E-state index in [1.165, 1.54) is 10.9 Å². The molecule has 0 aliphatic heterocycles. The van der Waals surface area contributed by atoms with Crippen LogP contribution in [-0.2, 0) is 0 Å². The standard InChI is InChI=1S/C12H14N2/c1-8(2)12-11-9(3)5-4-6-10(11)13-7-14-12/h4-8H,1-3H3. The van der Waals surface area contributed by atoms with Gasteiger partial charge in [-0.1, -0.05) is 26.0 Å². The minimum absolute atomic E-state index is 0.446. The molecule has 0 fully saturated rings. The molecule has 0 aliphatic carbocycles. The number of nitrogens with zero attached hydrogens (tertiary/aromatic N) is 2. The molecule has 2 nitrogen and oxygen atoms in total. The molecule has 0 N–H and O–H groups in total. The number of hydrogen-bond acceptors (Lipinski definition) is 2. The number of benzene rings is 1. The summed E-state index contributed by atoms with van der Waals surface area (Å²) in [6, 6.07) is 6.18. The van der Waals surface area contributed by atoms with E-state index >= 15 is 0 Å². The molecule has 0 radical (unpaired) electrons. The molecule has 0 saturated heterocycles. The van der Waals surface area contributed by atoms with Gasteiger partial charge < -0.3 is 0 Å². The Morgan fingerprint density at radius 3 is 2.64 bits per heavy atom. The first kappa shape index (κ1) is 9.13. The molecule has 0 amide bonds. The Bertz CT molecular complexity index is 456. The van der Waals surface area contributed by atoms with E-state index in [1.54, 1.807) is 6.33 Å². The van der Waals surface area contributed by atoms with E-state index in [9.17, 15) is 0 Å². The van der Waals surface area contributed by atoms with Gasteiger partial charge >= 0.3 is 0 Å². The average molecular weight is 186 g/mol. The van der Waals surface area contributed by atoms with Gasteiger partial charge in [-0.05, 0) is 24.5 Å². The predicted molar refractivity (Wildman–Crippen MR) is 58.4 cm³/mol. The Morgan fingerprint density at radius 2 is 1.93 bits per heavy atom. The highest BCUT2D eigenvalue weighted by Crippen LogP contribution is 2.24. The first-order valence-electron chi connectivity index (χ1n) is 4.90. The van der Waals surface area contributed by atoms with E-state index in [0.29, 0.717) is 5.92 Å². The normalized spacial score (nSPS) is 11.1. The van der Waals surface area contributed by atoms with Crippen molar-refractivity contribution in [2.75, 3.05) is 0 Å². The van der Waals surface area contributed by atoms with Crippen LogP contribution in [0.5, 0.6) is 0 Å². The van der Waals surface area contributed by atoms with Crippen molar-refractivity contribution in [3.05, 3.63) is 35.8 Å². The lowest BCUT2D eigenvalue weighted by Gasteiger charge is -2.09. The summed E-state index contributed by atoms with van der Waals surface area (Å²) >= 11 is 0. The molecule has 2 aromatic rings. The average Bonchev–Trinajstić information content (AvgIpc) is 2.17. The minimum Gasteiger partial charge on any atom is -0.240 e. The van der Waals surface area contributed by atoms with Gasteiger partial charge in [0.15, 0.2) is 0 Å². The van der Waals surface area contributed by atoms with Crippen LogP contribution in [0, 0.1) is 6.92 Å². The molecule has 1 aromatic carbocycles. The van der Waals surface area contributed by atoms with Gasteiger partial charge in [0.1, 0.15) is 6.33 Å². The van der Waals surface area contributed by atoms with Gasteiger partial charge in [-0.15, -0.1) is 0 Å². The Morgan fingerprint density at radius 1 is 1.14 bits per heavy atom. The van der Waals surface area contributed by atoms with Crippen LogP contribution >= 0.6 is 0 Å². The molecule has 0 atom stereocenters. The SMILES string of the molecule is Cc1cccc2ncnc(C(C)C)c12. The van der Waals surface area contributed by atoms with Gasteiger partial charge in [0, 0.05) is 5.39 Å². The maximum absolute atomic E-state index is 4.36. The fraction of sp³-hybridized carbons (Fsp3) is 0.333. The van der Waals surface area contributed by atoms with Crippen molar-refractivity contribution in [1.82, 2.24) is 9.97 Å². The lowest BCUT2D eigenvalue weighted by Crippen LogP contribution is -1.97. The quantitative estimate of drug-likeness (QED) is 0.684. The van der Waals surface area contributed by atoms with E-state index in [4.69, 9.17) is 0 Å². The molecule has 14 heavy (non-hydrogen) atoms. The van der Waals surface area contributed by atoms with Gasteiger partial charge in [-0.2, -0.15) is 0 Å². The van der Waals surface area contributed by atoms with Crippen LogP contribution in [0.25, 0.3) is 10.9 Å². The van der Waals surface area contributed by atoms with Crippen LogP contribution in [0.2, 0.25) is 0 Å². The Balaban J connectivity index is 2.84. The third-order valence-electron chi connectivity index (χ3n) is 2.45. The largest absolute Gasteiger partial charge is 0.240 e. The van der Waals surface area contributed by atoms with E-state index < -0.39 is 0 Å². The van der Waals surface area contributed by atoms with Crippen molar-refractivity contribution in [1.29, 1.82) is 0 Å². The second-order valence-corrected chi connectivity index (χ2v) is 3.88. The van der Waals surface area contributed by atoms with E-state index in [2.05, 4.69) is 36.8 Å². The number of aromatic nitrogens is 2. The minimum atomic E-state index is 0.446. The first-order chi connectivity index (χ1) is 6.70. The first-order valence-corrected chi connectivity index (χ1v) is 4.90. The fourth-order valence-electron chi connectivity index (χ4n) is 1.75. The highest BCUT2D eigenvalue weighted by molar-refractivity contribution is 5.84. The van der Waals surface area contributed by atoms with Crippen molar-refractivity contribution in [3.63, 3.8) is 0 Å². The Kier molecular flexibility index (Phi) is 2.20. The maximum atomic E-state index is 4.36. The molecular weight excluding hydrogens is 172 g/mol. The summed E-state index contributed by atoms with van der Waals surface area (Å²) in [6.07, 6.45) is 1.65. The van der Waals surface area contributed by atoms with Gasteiger partial charge in [0.25, 0.3) is 0 Å². The predicted octanol–water partition coefficient (Wildman–Crippen LogP) is 3.06. The third-order valence-corrected chi connectivity index (χ3v) is 2.45. The number of fused-ring (bicyclic) bond motifs is 1. The Labute approximate surface area is 84.0 Å². The molecule has 0 unspecified atom stereocenters. The summed E-state index contributed by atoms with van der Waals surface area (Å²) in [5, 5.41) is 1.21. The molecule has 0 bridgehead atoms. The zero-order valence-electron chi connectivity index (χ0n) is 8.78. The van der Waals surface area contributed by atoms with Crippen LogP contribution in [0.15, 0.2) is 24.5 Å². The number of aryl methyl sites for hydroxylation is 1. The summed E-state index contributed by atoms with van der Waals surface area (Å²) in [4.78, 5) is 8.63. The van der Waals surface area contributed by atoms with Crippen LogP contribution < -0.4 is 0 Å². The Hall–Kier alpha value is -1.44. The fourth-order valence-corrected chi connectivity index (χ4v) is 1.75. The molecule has 72 valence electrons. The smallest absolute Gasteiger partial charge is 0.116 e. The number of rotatable bonds is 1. The van der Waals surface area contributed by atoms with E-state index in [0.717, 1.165) is 11.2 Å². The van der Waals surface area contributed by atoms with Crippen LogP contribution in [-0.4, -0.2) is 9.97 Å². The van der Waals surface area contributed by atoms with Crippen molar-refractivity contribution in [2.45, 2.75) is 26.7 Å². The molecule has 0 aliphatic rings. The molecule has 0 saturated carbocycles. The third kappa shape index (κ3) is 1.37. The maximum Gasteiger partial charge on any atom is 0.116 e. The van der Waals surface area contributed by atoms with Crippen LogP contribution in [0.4, 0.5) is 0 Å². The topological polar surface area (TPSA) is 25.8 Å². The van der Waals surface area contributed by atoms with Crippen LogP contribution in [0.1, 0.15) is 31.0 Å². The van der Waals surface area contributed by atoms with E-state index in [1.807, 2.05) is 12.1 Å². The van der Waals surface area contributed by atoms with Gasteiger partial charge in [-0.3, -0.25) is 0 Å². The van der Waals surface area contributed by atoms with Crippen molar-refractivity contribution in [3.8, 4) is 0 Å². The van der Waals surface area contributed by atoms with Crippen LogP contribution in [0.3, 0.4) is 0 Å². The van der Waals surface area contributed by atoms with Crippen molar-refractivity contribution < 1.29 is 0 Å². The molecule has 2 rings (SSSR count). The highest BCUT2D eigenvalue weighted by Gasteiger charge is 2.08. The summed E-state index contributed by atoms with van der Waals surface area (Å²) in [7, 11) is 0. The lowest BCUT2D eigenvalue weighted by molar-refractivity contribution is 0.827. The lowest BCUT2D eigenvalue weighted by atomic mass is 10.0.